The predicted molar refractivity (Wildman–Crippen MR) is 77.0 cm³/mol. The molecule has 0 spiro atoms. The van der Waals surface area contributed by atoms with Gasteiger partial charge < -0.3 is 9.88 Å². The summed E-state index contributed by atoms with van der Waals surface area (Å²) in [6.07, 6.45) is 3.82. The lowest BCUT2D eigenvalue weighted by molar-refractivity contribution is 0.519. The molecule has 1 aromatic carbocycles. The van der Waals surface area contributed by atoms with E-state index in [2.05, 4.69) is 54.4 Å². The van der Waals surface area contributed by atoms with Crippen molar-refractivity contribution in [3.05, 3.63) is 42.2 Å². The molecule has 3 heteroatoms. The first-order chi connectivity index (χ1) is 8.63. The second kappa shape index (κ2) is 5.36. The number of benzene rings is 1. The summed E-state index contributed by atoms with van der Waals surface area (Å²) in [4.78, 5) is 4.48. The van der Waals surface area contributed by atoms with Crippen LogP contribution in [0.4, 0.5) is 0 Å². The van der Waals surface area contributed by atoms with Crippen molar-refractivity contribution in [2.45, 2.75) is 26.8 Å². The van der Waals surface area contributed by atoms with Crippen LogP contribution in [0.1, 0.15) is 24.1 Å². The SMILES string of the molecule is C=CCNCC(C)n1cnc2cc(C)c(C)cc21. The van der Waals surface area contributed by atoms with E-state index >= 15 is 0 Å². The Morgan fingerprint density at radius 1 is 1.39 bits per heavy atom. The van der Waals surface area contributed by atoms with Gasteiger partial charge in [0.05, 0.1) is 17.4 Å². The summed E-state index contributed by atoms with van der Waals surface area (Å²) in [6, 6.07) is 4.77. The summed E-state index contributed by atoms with van der Waals surface area (Å²) in [5.74, 6) is 0. The minimum Gasteiger partial charge on any atom is -0.326 e. The van der Waals surface area contributed by atoms with E-state index in [1.165, 1.54) is 16.6 Å². The van der Waals surface area contributed by atoms with Gasteiger partial charge in [0.25, 0.3) is 0 Å². The van der Waals surface area contributed by atoms with Crippen molar-refractivity contribution >= 4 is 11.0 Å². The van der Waals surface area contributed by atoms with Crippen molar-refractivity contribution in [3.63, 3.8) is 0 Å². The van der Waals surface area contributed by atoms with Crippen LogP contribution in [0.5, 0.6) is 0 Å². The number of aryl methyl sites for hydroxylation is 2. The van der Waals surface area contributed by atoms with Gasteiger partial charge in [-0.3, -0.25) is 0 Å². The Labute approximate surface area is 109 Å². The number of aromatic nitrogens is 2. The van der Waals surface area contributed by atoms with Gasteiger partial charge in [0.1, 0.15) is 0 Å². The van der Waals surface area contributed by atoms with Gasteiger partial charge in [-0.1, -0.05) is 6.08 Å². The number of nitrogens with zero attached hydrogens (tertiary/aromatic N) is 2. The van der Waals surface area contributed by atoms with Crippen molar-refractivity contribution in [2.75, 3.05) is 13.1 Å². The maximum atomic E-state index is 4.48. The van der Waals surface area contributed by atoms with Gasteiger partial charge in [-0.2, -0.15) is 0 Å². The Morgan fingerprint density at radius 2 is 2.11 bits per heavy atom. The van der Waals surface area contributed by atoms with E-state index in [1.807, 2.05) is 12.4 Å². The molecule has 0 amide bonds. The van der Waals surface area contributed by atoms with E-state index in [0.717, 1.165) is 18.6 Å². The molecular formula is C15H21N3. The molecule has 2 rings (SSSR count). The zero-order chi connectivity index (χ0) is 13.1. The van der Waals surface area contributed by atoms with Crippen LogP contribution in [0.3, 0.4) is 0 Å². The molecule has 1 aromatic heterocycles. The average molecular weight is 243 g/mol. The van der Waals surface area contributed by atoms with Crippen LogP contribution in [0, 0.1) is 13.8 Å². The van der Waals surface area contributed by atoms with Crippen LogP contribution < -0.4 is 5.32 Å². The van der Waals surface area contributed by atoms with Gasteiger partial charge in [-0.05, 0) is 44.0 Å². The number of hydrogen-bond acceptors (Lipinski definition) is 2. The molecule has 96 valence electrons. The van der Waals surface area contributed by atoms with Gasteiger partial charge in [-0.15, -0.1) is 6.58 Å². The monoisotopic (exact) mass is 243 g/mol. The van der Waals surface area contributed by atoms with Crippen molar-refractivity contribution in [3.8, 4) is 0 Å². The number of nitrogens with one attached hydrogen (secondary N) is 1. The van der Waals surface area contributed by atoms with Crippen molar-refractivity contribution < 1.29 is 0 Å². The van der Waals surface area contributed by atoms with Gasteiger partial charge in [0, 0.05) is 19.1 Å². The van der Waals surface area contributed by atoms with E-state index in [9.17, 15) is 0 Å². The van der Waals surface area contributed by atoms with Gasteiger partial charge in [0.15, 0.2) is 0 Å². The van der Waals surface area contributed by atoms with Gasteiger partial charge in [-0.25, -0.2) is 4.98 Å². The first-order valence-electron chi connectivity index (χ1n) is 6.39. The molecule has 3 nitrogen and oxygen atoms in total. The Kier molecular flexibility index (Phi) is 3.82. The highest BCUT2D eigenvalue weighted by molar-refractivity contribution is 5.77. The fourth-order valence-electron chi connectivity index (χ4n) is 2.13. The Balaban J connectivity index is 2.28. The predicted octanol–water partition coefficient (Wildman–Crippen LogP) is 2.99. The molecule has 0 bridgehead atoms. The normalized spacial score (nSPS) is 12.8. The van der Waals surface area contributed by atoms with Gasteiger partial charge in [0.2, 0.25) is 0 Å². The fourth-order valence-corrected chi connectivity index (χ4v) is 2.13. The smallest absolute Gasteiger partial charge is 0.0961 e. The van der Waals surface area contributed by atoms with E-state index in [1.54, 1.807) is 0 Å². The lowest BCUT2D eigenvalue weighted by atomic mass is 10.1. The lowest BCUT2D eigenvalue weighted by Crippen LogP contribution is -2.23. The van der Waals surface area contributed by atoms with E-state index in [4.69, 9.17) is 0 Å². The first kappa shape index (κ1) is 12.8. The van der Waals surface area contributed by atoms with Crippen molar-refractivity contribution in [1.82, 2.24) is 14.9 Å². The molecule has 1 heterocycles. The summed E-state index contributed by atoms with van der Waals surface area (Å²) in [5, 5.41) is 3.35. The zero-order valence-corrected chi connectivity index (χ0v) is 11.4. The number of fused-ring (bicyclic) bond motifs is 1. The van der Waals surface area contributed by atoms with Crippen LogP contribution in [-0.2, 0) is 0 Å². The molecule has 1 atom stereocenters. The third-order valence-corrected chi connectivity index (χ3v) is 3.39. The first-order valence-corrected chi connectivity index (χ1v) is 6.39. The highest BCUT2D eigenvalue weighted by Crippen LogP contribution is 2.21. The third-order valence-electron chi connectivity index (χ3n) is 3.39. The summed E-state index contributed by atoms with van der Waals surface area (Å²) in [5.41, 5.74) is 4.90. The maximum absolute atomic E-state index is 4.48. The molecule has 2 aromatic rings. The Hall–Kier alpha value is -1.61. The van der Waals surface area contributed by atoms with Crippen LogP contribution in [0.25, 0.3) is 11.0 Å². The van der Waals surface area contributed by atoms with E-state index < -0.39 is 0 Å². The Morgan fingerprint density at radius 3 is 2.83 bits per heavy atom. The third kappa shape index (κ3) is 2.46. The fraction of sp³-hybridized carbons (Fsp3) is 0.400. The maximum Gasteiger partial charge on any atom is 0.0961 e. The molecule has 0 aliphatic carbocycles. The number of rotatable bonds is 5. The molecule has 0 aliphatic rings. The highest BCUT2D eigenvalue weighted by Gasteiger charge is 2.09. The van der Waals surface area contributed by atoms with Crippen LogP contribution in [0.2, 0.25) is 0 Å². The quantitative estimate of drug-likeness (QED) is 0.646. The molecule has 18 heavy (non-hydrogen) atoms. The molecule has 0 fully saturated rings. The van der Waals surface area contributed by atoms with Crippen molar-refractivity contribution in [1.29, 1.82) is 0 Å². The molecule has 0 saturated heterocycles. The number of hydrogen-bond donors (Lipinski definition) is 1. The van der Waals surface area contributed by atoms with Crippen LogP contribution in [-0.4, -0.2) is 22.6 Å². The molecule has 0 radical (unpaired) electrons. The molecule has 1 unspecified atom stereocenters. The molecular weight excluding hydrogens is 222 g/mol. The standard InChI is InChI=1S/C15H21N3/c1-5-6-16-9-13(4)18-10-17-14-7-11(2)12(3)8-15(14)18/h5,7-8,10,13,16H,1,6,9H2,2-4H3. The van der Waals surface area contributed by atoms with Crippen LogP contribution >= 0.6 is 0 Å². The average Bonchev–Trinajstić information content (AvgIpc) is 2.73. The largest absolute Gasteiger partial charge is 0.326 e. The molecule has 1 N–H and O–H groups in total. The summed E-state index contributed by atoms with van der Waals surface area (Å²) in [7, 11) is 0. The summed E-state index contributed by atoms with van der Waals surface area (Å²) < 4.78 is 2.23. The topological polar surface area (TPSA) is 29.9 Å². The van der Waals surface area contributed by atoms with E-state index in [0.29, 0.717) is 6.04 Å². The number of imidazole rings is 1. The highest BCUT2D eigenvalue weighted by atomic mass is 15.1. The lowest BCUT2D eigenvalue weighted by Gasteiger charge is -2.15. The van der Waals surface area contributed by atoms with E-state index in [-0.39, 0.29) is 0 Å². The molecule has 0 saturated carbocycles. The molecule has 0 aliphatic heterocycles. The second-order valence-corrected chi connectivity index (χ2v) is 4.87. The summed E-state index contributed by atoms with van der Waals surface area (Å²) >= 11 is 0. The minimum atomic E-state index is 0.386. The second-order valence-electron chi connectivity index (χ2n) is 4.87. The zero-order valence-electron chi connectivity index (χ0n) is 11.4. The van der Waals surface area contributed by atoms with Crippen molar-refractivity contribution in [2.24, 2.45) is 0 Å². The Bertz CT molecular complexity index is 554. The van der Waals surface area contributed by atoms with Crippen LogP contribution in [0.15, 0.2) is 31.1 Å². The van der Waals surface area contributed by atoms with Gasteiger partial charge >= 0.3 is 0 Å². The summed E-state index contributed by atoms with van der Waals surface area (Å²) in [6.45, 7) is 11.9. The minimum absolute atomic E-state index is 0.386.